The van der Waals surface area contributed by atoms with Crippen molar-refractivity contribution in [1.29, 1.82) is 0 Å². The summed E-state index contributed by atoms with van der Waals surface area (Å²) in [5.41, 5.74) is -0.0903. The minimum absolute atomic E-state index is 0.321. The van der Waals surface area contributed by atoms with Crippen LogP contribution in [0, 0.1) is 10.8 Å². The van der Waals surface area contributed by atoms with Crippen molar-refractivity contribution in [2.24, 2.45) is 10.8 Å². The fourth-order valence-electron chi connectivity index (χ4n) is 3.11. The van der Waals surface area contributed by atoms with Gasteiger partial charge in [-0.05, 0) is 31.1 Å². The van der Waals surface area contributed by atoms with Gasteiger partial charge < -0.3 is 5.11 Å². The predicted molar refractivity (Wildman–Crippen MR) is 75.7 cm³/mol. The van der Waals surface area contributed by atoms with Crippen molar-refractivity contribution in [2.45, 2.75) is 85.0 Å². The van der Waals surface area contributed by atoms with Crippen LogP contribution in [-0.2, 0) is 4.79 Å². The Morgan fingerprint density at radius 2 is 1.56 bits per heavy atom. The standard InChI is InChI=1S/C16H30O2/c1-15(2,3)10-9-13-16(14(17)18)11-7-5-4-6-8-12-16/h4-13H2,1-3H3,(H,17,18). The van der Waals surface area contributed by atoms with Crippen molar-refractivity contribution < 1.29 is 9.90 Å². The summed E-state index contributed by atoms with van der Waals surface area (Å²) in [6, 6.07) is 0. The van der Waals surface area contributed by atoms with Gasteiger partial charge in [-0.1, -0.05) is 59.3 Å². The first kappa shape index (κ1) is 15.5. The molecule has 0 atom stereocenters. The third-order valence-corrected chi connectivity index (χ3v) is 4.35. The van der Waals surface area contributed by atoms with Gasteiger partial charge in [0, 0.05) is 0 Å². The Labute approximate surface area is 112 Å². The molecular formula is C16H30O2. The molecule has 0 aromatic heterocycles. The van der Waals surface area contributed by atoms with Crippen LogP contribution in [-0.4, -0.2) is 11.1 Å². The SMILES string of the molecule is CC(C)(C)CCCC1(C(=O)O)CCCCCCC1. The Balaban J connectivity index is 2.58. The van der Waals surface area contributed by atoms with Gasteiger partial charge in [-0.2, -0.15) is 0 Å². The lowest BCUT2D eigenvalue weighted by Gasteiger charge is -2.32. The highest BCUT2D eigenvalue weighted by atomic mass is 16.4. The fourth-order valence-corrected chi connectivity index (χ4v) is 3.11. The van der Waals surface area contributed by atoms with Crippen LogP contribution in [0.3, 0.4) is 0 Å². The molecule has 0 amide bonds. The zero-order valence-corrected chi connectivity index (χ0v) is 12.4. The molecule has 2 nitrogen and oxygen atoms in total. The van der Waals surface area contributed by atoms with E-state index in [0.717, 1.165) is 44.9 Å². The van der Waals surface area contributed by atoms with E-state index in [-0.39, 0.29) is 0 Å². The van der Waals surface area contributed by atoms with E-state index in [1.54, 1.807) is 0 Å². The minimum Gasteiger partial charge on any atom is -0.481 e. The van der Waals surface area contributed by atoms with E-state index in [1.807, 2.05) is 0 Å². The molecule has 0 saturated heterocycles. The molecule has 0 unspecified atom stereocenters. The van der Waals surface area contributed by atoms with Gasteiger partial charge >= 0.3 is 5.97 Å². The molecule has 0 aliphatic heterocycles. The van der Waals surface area contributed by atoms with E-state index in [9.17, 15) is 9.90 Å². The van der Waals surface area contributed by atoms with E-state index >= 15 is 0 Å². The van der Waals surface area contributed by atoms with Crippen molar-refractivity contribution in [3.63, 3.8) is 0 Å². The summed E-state index contributed by atoms with van der Waals surface area (Å²) < 4.78 is 0. The average molecular weight is 254 g/mol. The highest BCUT2D eigenvalue weighted by Crippen LogP contribution is 2.40. The smallest absolute Gasteiger partial charge is 0.309 e. The van der Waals surface area contributed by atoms with Gasteiger partial charge in [0.1, 0.15) is 0 Å². The zero-order valence-electron chi connectivity index (χ0n) is 12.4. The summed E-state index contributed by atoms with van der Waals surface area (Å²) in [4.78, 5) is 11.7. The predicted octanol–water partition coefficient (Wildman–Crippen LogP) is 5.02. The van der Waals surface area contributed by atoms with Crippen LogP contribution < -0.4 is 0 Å². The van der Waals surface area contributed by atoms with Crippen molar-refractivity contribution in [3.8, 4) is 0 Å². The molecule has 0 radical (unpaired) electrons. The quantitative estimate of drug-likeness (QED) is 0.765. The minimum atomic E-state index is -0.543. The lowest BCUT2D eigenvalue weighted by atomic mass is 9.72. The van der Waals surface area contributed by atoms with Crippen molar-refractivity contribution >= 4 is 5.97 Å². The van der Waals surface area contributed by atoms with Crippen LogP contribution in [0.4, 0.5) is 0 Å². The Hall–Kier alpha value is -0.530. The zero-order chi connectivity index (χ0) is 13.6. The van der Waals surface area contributed by atoms with Gasteiger partial charge in [-0.15, -0.1) is 0 Å². The molecule has 0 heterocycles. The Morgan fingerprint density at radius 1 is 1.06 bits per heavy atom. The van der Waals surface area contributed by atoms with Crippen molar-refractivity contribution in [3.05, 3.63) is 0 Å². The normalized spacial score (nSPS) is 21.1. The molecule has 1 aliphatic carbocycles. The molecular weight excluding hydrogens is 224 g/mol. The summed E-state index contributed by atoms with van der Waals surface area (Å²) in [5.74, 6) is -0.543. The van der Waals surface area contributed by atoms with Gasteiger partial charge in [0.15, 0.2) is 0 Å². The molecule has 0 bridgehead atoms. The highest BCUT2D eigenvalue weighted by Gasteiger charge is 2.37. The Bertz CT molecular complexity index is 255. The van der Waals surface area contributed by atoms with Crippen LogP contribution in [0.25, 0.3) is 0 Å². The average Bonchev–Trinajstić information content (AvgIpc) is 2.19. The summed E-state index contributed by atoms with van der Waals surface area (Å²) in [7, 11) is 0. The van der Waals surface area contributed by atoms with E-state index in [2.05, 4.69) is 20.8 Å². The first-order chi connectivity index (χ1) is 8.36. The van der Waals surface area contributed by atoms with Gasteiger partial charge in [0.05, 0.1) is 5.41 Å². The van der Waals surface area contributed by atoms with Gasteiger partial charge in [-0.25, -0.2) is 0 Å². The summed E-state index contributed by atoms with van der Waals surface area (Å²) in [5, 5.41) is 9.64. The monoisotopic (exact) mass is 254 g/mol. The summed E-state index contributed by atoms with van der Waals surface area (Å²) >= 11 is 0. The van der Waals surface area contributed by atoms with Crippen molar-refractivity contribution in [2.75, 3.05) is 0 Å². The van der Waals surface area contributed by atoms with Crippen LogP contribution >= 0.6 is 0 Å². The van der Waals surface area contributed by atoms with E-state index in [0.29, 0.717) is 5.41 Å². The van der Waals surface area contributed by atoms with Crippen molar-refractivity contribution in [1.82, 2.24) is 0 Å². The molecule has 0 aromatic carbocycles. The van der Waals surface area contributed by atoms with Crippen LogP contribution in [0.5, 0.6) is 0 Å². The number of carboxylic acid groups (broad SMARTS) is 1. The van der Waals surface area contributed by atoms with Crippen LogP contribution in [0.15, 0.2) is 0 Å². The summed E-state index contributed by atoms with van der Waals surface area (Å²) in [6.45, 7) is 6.70. The summed E-state index contributed by atoms with van der Waals surface area (Å²) in [6.07, 6.45) is 10.8. The molecule has 1 rings (SSSR count). The number of rotatable bonds is 4. The maximum atomic E-state index is 11.7. The third-order valence-electron chi connectivity index (χ3n) is 4.35. The molecule has 0 aromatic rings. The molecule has 106 valence electrons. The van der Waals surface area contributed by atoms with Gasteiger partial charge in [-0.3, -0.25) is 4.79 Å². The number of carbonyl (C=O) groups is 1. The van der Waals surface area contributed by atoms with E-state index in [1.165, 1.54) is 19.3 Å². The molecule has 18 heavy (non-hydrogen) atoms. The number of hydrogen-bond donors (Lipinski definition) is 1. The third kappa shape index (κ3) is 4.99. The molecule has 1 N–H and O–H groups in total. The van der Waals surface area contributed by atoms with Crippen LogP contribution in [0.2, 0.25) is 0 Å². The van der Waals surface area contributed by atoms with E-state index in [4.69, 9.17) is 0 Å². The first-order valence-electron chi connectivity index (χ1n) is 7.59. The van der Waals surface area contributed by atoms with E-state index < -0.39 is 11.4 Å². The number of aliphatic carboxylic acids is 1. The first-order valence-corrected chi connectivity index (χ1v) is 7.59. The maximum absolute atomic E-state index is 11.7. The topological polar surface area (TPSA) is 37.3 Å². The lowest BCUT2D eigenvalue weighted by molar-refractivity contribution is -0.151. The number of carboxylic acids is 1. The van der Waals surface area contributed by atoms with Gasteiger partial charge in [0.2, 0.25) is 0 Å². The number of hydrogen-bond acceptors (Lipinski definition) is 1. The second-order valence-electron chi connectivity index (χ2n) is 7.27. The second-order valence-corrected chi connectivity index (χ2v) is 7.27. The maximum Gasteiger partial charge on any atom is 0.309 e. The largest absolute Gasteiger partial charge is 0.481 e. The molecule has 2 heteroatoms. The van der Waals surface area contributed by atoms with Crippen LogP contribution in [0.1, 0.15) is 85.0 Å². The highest BCUT2D eigenvalue weighted by molar-refractivity contribution is 5.74. The second kappa shape index (κ2) is 6.58. The molecule has 1 saturated carbocycles. The molecule has 0 spiro atoms. The Kier molecular flexibility index (Phi) is 5.68. The molecule has 1 aliphatic rings. The lowest BCUT2D eigenvalue weighted by Crippen LogP contribution is -2.32. The van der Waals surface area contributed by atoms with Gasteiger partial charge in [0.25, 0.3) is 0 Å². The Morgan fingerprint density at radius 3 is 2.00 bits per heavy atom. The molecule has 1 fully saturated rings. The fraction of sp³-hybridized carbons (Fsp3) is 0.938.